The van der Waals surface area contributed by atoms with Crippen molar-refractivity contribution < 1.29 is 0 Å². The minimum Gasteiger partial charge on any atom is -0.305 e. The van der Waals surface area contributed by atoms with Crippen LogP contribution in [-0.2, 0) is 12.8 Å². The van der Waals surface area contributed by atoms with Gasteiger partial charge in [-0.25, -0.2) is 0 Å². The Kier molecular flexibility index (Phi) is 6.29. The average molecular weight is 348 g/mol. The maximum atomic E-state index is 6.01. The average Bonchev–Trinajstić information content (AvgIpc) is 2.51. The van der Waals surface area contributed by atoms with Crippen molar-refractivity contribution in [2.24, 2.45) is 0 Å². The van der Waals surface area contributed by atoms with E-state index in [0.717, 1.165) is 30.8 Å². The summed E-state index contributed by atoms with van der Waals surface area (Å²) in [6.45, 7) is 1.04. The second-order valence-corrected chi connectivity index (χ2v) is 6.72. The summed E-state index contributed by atoms with van der Waals surface area (Å²) >= 11 is 6.01. The molecule has 0 aliphatic heterocycles. The van der Waals surface area contributed by atoms with Crippen LogP contribution in [-0.4, -0.2) is 25.5 Å². The van der Waals surface area contributed by atoms with Crippen LogP contribution < -0.4 is 0 Å². The van der Waals surface area contributed by atoms with E-state index in [9.17, 15) is 0 Å². The lowest BCUT2D eigenvalue weighted by Crippen LogP contribution is -2.19. The monoisotopic (exact) mass is 347 g/mol. The van der Waals surface area contributed by atoms with Gasteiger partial charge >= 0.3 is 0 Å². The number of benzene rings is 2. The van der Waals surface area contributed by atoms with Crippen LogP contribution in [0.25, 0.3) is 5.57 Å². The molecule has 0 saturated carbocycles. The number of hydrogen-bond donors (Lipinski definition) is 0. The van der Waals surface area contributed by atoms with Gasteiger partial charge in [0.1, 0.15) is 0 Å². The van der Waals surface area contributed by atoms with Crippen LogP contribution >= 0.6 is 24.0 Å². The molecule has 0 heterocycles. The number of nitrogens with zero attached hydrogens (tertiary/aromatic N) is 1. The Morgan fingerprint density at radius 2 is 1.65 bits per heavy atom. The smallest absolute Gasteiger partial charge is 0.0406 e. The van der Waals surface area contributed by atoms with E-state index in [1.165, 1.54) is 22.3 Å². The SMILES string of the molecule is CN(C)CC1=C(Cc2ccc(Cl)cc2)c2ccccc2CC1.Cl. The van der Waals surface area contributed by atoms with E-state index in [0.29, 0.717) is 0 Å². The Morgan fingerprint density at radius 1 is 0.957 bits per heavy atom. The van der Waals surface area contributed by atoms with E-state index in [1.54, 1.807) is 5.57 Å². The fraction of sp³-hybridized carbons (Fsp3) is 0.300. The van der Waals surface area contributed by atoms with Gasteiger partial charge in [-0.1, -0.05) is 53.6 Å². The highest BCUT2D eigenvalue weighted by Crippen LogP contribution is 2.34. The van der Waals surface area contributed by atoms with E-state index >= 15 is 0 Å². The second-order valence-electron chi connectivity index (χ2n) is 6.28. The molecule has 3 heteroatoms. The molecular formula is C20H23Cl2N. The van der Waals surface area contributed by atoms with E-state index in [2.05, 4.69) is 55.4 Å². The first-order chi connectivity index (χ1) is 10.6. The number of halogens is 2. The first-order valence-corrected chi connectivity index (χ1v) is 8.19. The molecule has 1 nitrogen and oxygen atoms in total. The molecule has 0 saturated heterocycles. The second kappa shape index (κ2) is 8.01. The molecule has 0 unspecified atom stereocenters. The molecule has 2 aromatic carbocycles. The minimum absolute atomic E-state index is 0. The third kappa shape index (κ3) is 4.38. The summed E-state index contributed by atoms with van der Waals surface area (Å²) in [5.41, 5.74) is 7.30. The zero-order chi connectivity index (χ0) is 15.5. The van der Waals surface area contributed by atoms with Crippen molar-refractivity contribution in [1.82, 2.24) is 4.90 Å². The van der Waals surface area contributed by atoms with Crippen LogP contribution in [0.3, 0.4) is 0 Å². The predicted molar refractivity (Wildman–Crippen MR) is 103 cm³/mol. The van der Waals surface area contributed by atoms with E-state index in [-0.39, 0.29) is 12.4 Å². The summed E-state index contributed by atoms with van der Waals surface area (Å²) in [4.78, 5) is 2.27. The summed E-state index contributed by atoms with van der Waals surface area (Å²) in [5.74, 6) is 0. The number of aryl methyl sites for hydroxylation is 1. The molecule has 122 valence electrons. The summed E-state index contributed by atoms with van der Waals surface area (Å²) in [5, 5.41) is 0.801. The number of hydrogen-bond acceptors (Lipinski definition) is 1. The van der Waals surface area contributed by atoms with Gasteiger partial charge in [0.2, 0.25) is 0 Å². The van der Waals surface area contributed by atoms with Gasteiger partial charge in [-0.05, 0) is 67.8 Å². The highest BCUT2D eigenvalue weighted by molar-refractivity contribution is 6.30. The van der Waals surface area contributed by atoms with Gasteiger partial charge in [0.05, 0.1) is 0 Å². The van der Waals surface area contributed by atoms with Crippen LogP contribution in [0, 0.1) is 0 Å². The van der Waals surface area contributed by atoms with E-state index in [1.807, 2.05) is 12.1 Å². The lowest BCUT2D eigenvalue weighted by Gasteiger charge is -2.26. The van der Waals surface area contributed by atoms with Gasteiger partial charge in [0.15, 0.2) is 0 Å². The molecule has 0 radical (unpaired) electrons. The molecule has 1 aliphatic rings. The maximum absolute atomic E-state index is 6.01. The van der Waals surface area contributed by atoms with Gasteiger partial charge in [-0.2, -0.15) is 0 Å². The molecule has 0 atom stereocenters. The van der Waals surface area contributed by atoms with Crippen LogP contribution in [0.4, 0.5) is 0 Å². The number of likely N-dealkylation sites (N-methyl/N-ethyl adjacent to an activating group) is 1. The van der Waals surface area contributed by atoms with Crippen molar-refractivity contribution in [1.29, 1.82) is 0 Å². The van der Waals surface area contributed by atoms with Crippen molar-refractivity contribution in [2.45, 2.75) is 19.3 Å². The molecule has 3 rings (SSSR count). The zero-order valence-corrected chi connectivity index (χ0v) is 15.3. The Balaban J connectivity index is 0.00000192. The van der Waals surface area contributed by atoms with Crippen molar-refractivity contribution in [3.8, 4) is 0 Å². The molecule has 0 spiro atoms. The Labute approximate surface area is 150 Å². The molecule has 0 N–H and O–H groups in total. The summed E-state index contributed by atoms with van der Waals surface area (Å²) < 4.78 is 0. The maximum Gasteiger partial charge on any atom is 0.0406 e. The first kappa shape index (κ1) is 18.1. The van der Waals surface area contributed by atoms with Crippen molar-refractivity contribution >= 4 is 29.6 Å². The van der Waals surface area contributed by atoms with Gasteiger partial charge in [-0.3, -0.25) is 0 Å². The molecular weight excluding hydrogens is 325 g/mol. The highest BCUT2D eigenvalue weighted by Gasteiger charge is 2.19. The number of allylic oxidation sites excluding steroid dienone is 1. The van der Waals surface area contributed by atoms with Gasteiger partial charge < -0.3 is 4.90 Å². The molecule has 23 heavy (non-hydrogen) atoms. The lowest BCUT2D eigenvalue weighted by atomic mass is 9.82. The molecule has 0 amide bonds. The normalized spacial score (nSPS) is 13.7. The van der Waals surface area contributed by atoms with Crippen molar-refractivity contribution in [3.05, 3.63) is 75.8 Å². The summed E-state index contributed by atoms with van der Waals surface area (Å²) in [6.07, 6.45) is 3.30. The third-order valence-electron chi connectivity index (χ3n) is 4.27. The van der Waals surface area contributed by atoms with Crippen LogP contribution in [0.1, 0.15) is 23.1 Å². The Hall–Kier alpha value is -1.28. The quantitative estimate of drug-likeness (QED) is 0.728. The van der Waals surface area contributed by atoms with Gasteiger partial charge in [0.25, 0.3) is 0 Å². The van der Waals surface area contributed by atoms with Gasteiger partial charge in [0, 0.05) is 11.6 Å². The lowest BCUT2D eigenvalue weighted by molar-refractivity contribution is 0.438. The minimum atomic E-state index is 0. The van der Waals surface area contributed by atoms with Crippen LogP contribution in [0.5, 0.6) is 0 Å². The van der Waals surface area contributed by atoms with Crippen LogP contribution in [0.15, 0.2) is 54.1 Å². The van der Waals surface area contributed by atoms with E-state index < -0.39 is 0 Å². The summed E-state index contributed by atoms with van der Waals surface area (Å²) in [6, 6.07) is 17.1. The standard InChI is InChI=1S/C20H22ClN.ClH/c1-22(2)14-17-10-9-16-5-3-4-6-19(16)20(17)13-15-7-11-18(21)12-8-15;/h3-8,11-12H,9-10,13-14H2,1-2H3;1H. The largest absolute Gasteiger partial charge is 0.305 e. The third-order valence-corrected chi connectivity index (χ3v) is 4.52. The summed E-state index contributed by atoms with van der Waals surface area (Å²) in [7, 11) is 4.29. The fourth-order valence-electron chi connectivity index (χ4n) is 3.24. The topological polar surface area (TPSA) is 3.24 Å². The fourth-order valence-corrected chi connectivity index (χ4v) is 3.37. The van der Waals surface area contributed by atoms with Crippen LogP contribution in [0.2, 0.25) is 5.02 Å². The molecule has 0 bridgehead atoms. The van der Waals surface area contributed by atoms with E-state index in [4.69, 9.17) is 11.6 Å². The predicted octanol–water partition coefficient (Wildman–Crippen LogP) is 5.27. The molecule has 0 aromatic heterocycles. The van der Waals surface area contributed by atoms with Crippen molar-refractivity contribution in [2.75, 3.05) is 20.6 Å². The molecule has 0 fully saturated rings. The number of fused-ring (bicyclic) bond motifs is 1. The molecule has 1 aliphatic carbocycles. The zero-order valence-electron chi connectivity index (χ0n) is 13.7. The Morgan fingerprint density at radius 3 is 2.35 bits per heavy atom. The Bertz CT molecular complexity index is 687. The highest BCUT2D eigenvalue weighted by atomic mass is 35.5. The van der Waals surface area contributed by atoms with Gasteiger partial charge in [-0.15, -0.1) is 12.4 Å². The molecule has 2 aromatic rings. The van der Waals surface area contributed by atoms with Crippen molar-refractivity contribution in [3.63, 3.8) is 0 Å². The number of rotatable bonds is 4. The first-order valence-electron chi connectivity index (χ1n) is 7.82.